The first kappa shape index (κ1) is 13.9. The molecule has 4 nitrogen and oxygen atoms in total. The maximum Gasteiger partial charge on any atom is 0.115 e. The molecule has 1 aromatic rings. The van der Waals surface area contributed by atoms with Crippen LogP contribution in [0.4, 0.5) is 0 Å². The van der Waals surface area contributed by atoms with E-state index in [2.05, 4.69) is 4.90 Å². The molecule has 0 bridgehead atoms. The second kappa shape index (κ2) is 5.72. The monoisotopic (exact) mass is 276 g/mol. The molecule has 3 atom stereocenters. The first-order valence-corrected chi connectivity index (χ1v) is 7.60. The first-order valence-electron chi connectivity index (χ1n) is 7.60. The molecule has 3 rings (SSSR count). The van der Waals surface area contributed by atoms with Gasteiger partial charge in [-0.3, -0.25) is 4.90 Å². The van der Waals surface area contributed by atoms with E-state index in [4.69, 9.17) is 5.73 Å². The van der Waals surface area contributed by atoms with Gasteiger partial charge in [0.05, 0.1) is 6.10 Å². The standard InChI is InChI=1S/C16H24N2O2/c17-9-11-6-15(16(20)7-11)18-5-1-2-12-3-4-14(19)8-13(12)10-18/h3-4,8,11,15-16,19-20H,1-2,5-7,9-10,17H2/t11?,15-,16-/m1/s1. The molecular weight excluding hydrogens is 252 g/mol. The fourth-order valence-electron chi connectivity index (χ4n) is 3.74. The average molecular weight is 276 g/mol. The van der Waals surface area contributed by atoms with Crippen molar-refractivity contribution in [2.75, 3.05) is 13.1 Å². The number of fused-ring (bicyclic) bond motifs is 1. The van der Waals surface area contributed by atoms with E-state index in [1.807, 2.05) is 12.1 Å². The number of nitrogens with zero attached hydrogens (tertiary/aromatic N) is 1. The Kier molecular flexibility index (Phi) is 3.96. The Morgan fingerprint density at radius 3 is 2.85 bits per heavy atom. The number of aliphatic hydroxyl groups excluding tert-OH is 1. The molecule has 1 fully saturated rings. The van der Waals surface area contributed by atoms with E-state index in [-0.39, 0.29) is 12.1 Å². The number of hydrogen-bond donors (Lipinski definition) is 3. The van der Waals surface area contributed by atoms with E-state index in [0.29, 0.717) is 18.2 Å². The third-order valence-corrected chi connectivity index (χ3v) is 4.85. The number of phenolic OH excluding ortho intramolecular Hbond substituents is 1. The van der Waals surface area contributed by atoms with Crippen LogP contribution in [-0.2, 0) is 13.0 Å². The van der Waals surface area contributed by atoms with E-state index < -0.39 is 0 Å². The van der Waals surface area contributed by atoms with Gasteiger partial charge in [0.2, 0.25) is 0 Å². The molecule has 0 spiro atoms. The highest BCUT2D eigenvalue weighted by Crippen LogP contribution is 2.32. The van der Waals surface area contributed by atoms with E-state index in [1.165, 1.54) is 11.1 Å². The summed E-state index contributed by atoms with van der Waals surface area (Å²) in [4.78, 5) is 2.38. The smallest absolute Gasteiger partial charge is 0.115 e. The quantitative estimate of drug-likeness (QED) is 0.760. The van der Waals surface area contributed by atoms with Crippen LogP contribution in [0.5, 0.6) is 5.75 Å². The Hall–Kier alpha value is -1.10. The Bertz CT molecular complexity index is 478. The number of aliphatic hydroxyl groups is 1. The number of benzene rings is 1. The van der Waals surface area contributed by atoms with Gasteiger partial charge in [0.1, 0.15) is 5.75 Å². The SMILES string of the molecule is NCC1C[C@@H](O)[C@H](N2CCCc3ccc(O)cc3C2)C1. The molecule has 2 aliphatic rings. The summed E-state index contributed by atoms with van der Waals surface area (Å²) in [6.07, 6.45) is 3.71. The van der Waals surface area contributed by atoms with Gasteiger partial charge >= 0.3 is 0 Å². The van der Waals surface area contributed by atoms with E-state index in [9.17, 15) is 10.2 Å². The maximum atomic E-state index is 10.3. The summed E-state index contributed by atoms with van der Waals surface area (Å²) in [5, 5.41) is 20.0. The number of hydrogen-bond acceptors (Lipinski definition) is 4. The van der Waals surface area contributed by atoms with Gasteiger partial charge < -0.3 is 15.9 Å². The van der Waals surface area contributed by atoms with E-state index in [0.717, 1.165) is 38.8 Å². The molecule has 1 aromatic carbocycles. The zero-order valence-corrected chi connectivity index (χ0v) is 11.8. The second-order valence-corrected chi connectivity index (χ2v) is 6.23. The Morgan fingerprint density at radius 2 is 2.10 bits per heavy atom. The van der Waals surface area contributed by atoms with Crippen molar-refractivity contribution < 1.29 is 10.2 Å². The summed E-state index contributed by atoms with van der Waals surface area (Å²) in [5.74, 6) is 0.777. The summed E-state index contributed by atoms with van der Waals surface area (Å²) in [5.41, 5.74) is 8.28. The molecule has 20 heavy (non-hydrogen) atoms. The zero-order valence-electron chi connectivity index (χ0n) is 11.8. The average Bonchev–Trinajstić information content (AvgIpc) is 2.68. The Labute approximate surface area is 120 Å². The van der Waals surface area contributed by atoms with Crippen LogP contribution in [0, 0.1) is 5.92 Å². The zero-order chi connectivity index (χ0) is 14.1. The fourth-order valence-corrected chi connectivity index (χ4v) is 3.74. The Balaban J connectivity index is 1.78. The molecule has 0 amide bonds. The van der Waals surface area contributed by atoms with Crippen molar-refractivity contribution in [2.45, 2.75) is 44.4 Å². The van der Waals surface area contributed by atoms with E-state index >= 15 is 0 Å². The van der Waals surface area contributed by atoms with Crippen molar-refractivity contribution in [3.05, 3.63) is 29.3 Å². The highest BCUT2D eigenvalue weighted by atomic mass is 16.3. The van der Waals surface area contributed by atoms with Crippen molar-refractivity contribution in [1.82, 2.24) is 4.90 Å². The molecular formula is C16H24N2O2. The molecule has 4 N–H and O–H groups in total. The van der Waals surface area contributed by atoms with Crippen molar-refractivity contribution in [3.8, 4) is 5.75 Å². The van der Waals surface area contributed by atoms with Gasteiger partial charge in [-0.1, -0.05) is 6.07 Å². The molecule has 0 saturated heterocycles. The lowest BCUT2D eigenvalue weighted by atomic mass is 10.0. The van der Waals surface area contributed by atoms with Gasteiger partial charge in [-0.2, -0.15) is 0 Å². The van der Waals surface area contributed by atoms with Crippen LogP contribution in [0.25, 0.3) is 0 Å². The van der Waals surface area contributed by atoms with Crippen LogP contribution < -0.4 is 5.73 Å². The number of phenols is 1. The van der Waals surface area contributed by atoms with Gasteiger partial charge in [0.15, 0.2) is 0 Å². The van der Waals surface area contributed by atoms with Crippen molar-refractivity contribution >= 4 is 0 Å². The number of aromatic hydroxyl groups is 1. The molecule has 1 unspecified atom stereocenters. The Morgan fingerprint density at radius 1 is 1.25 bits per heavy atom. The number of nitrogens with two attached hydrogens (primary N) is 1. The highest BCUT2D eigenvalue weighted by molar-refractivity contribution is 5.35. The van der Waals surface area contributed by atoms with Gasteiger partial charge in [0, 0.05) is 12.6 Å². The minimum Gasteiger partial charge on any atom is -0.508 e. The highest BCUT2D eigenvalue weighted by Gasteiger charge is 2.36. The van der Waals surface area contributed by atoms with Crippen molar-refractivity contribution in [2.24, 2.45) is 11.7 Å². The van der Waals surface area contributed by atoms with Gasteiger partial charge in [-0.25, -0.2) is 0 Å². The van der Waals surface area contributed by atoms with Gasteiger partial charge in [0.25, 0.3) is 0 Å². The van der Waals surface area contributed by atoms with E-state index in [1.54, 1.807) is 6.07 Å². The predicted molar refractivity (Wildman–Crippen MR) is 78.4 cm³/mol. The third kappa shape index (κ3) is 2.68. The molecule has 1 heterocycles. The normalized spacial score (nSPS) is 31.0. The molecule has 1 aliphatic carbocycles. The van der Waals surface area contributed by atoms with Crippen LogP contribution in [0.1, 0.15) is 30.4 Å². The molecule has 1 saturated carbocycles. The molecule has 1 aliphatic heterocycles. The lowest BCUT2D eigenvalue weighted by molar-refractivity contribution is 0.0668. The summed E-state index contributed by atoms with van der Waals surface area (Å²) in [6, 6.07) is 5.89. The van der Waals surface area contributed by atoms with Crippen molar-refractivity contribution in [1.29, 1.82) is 0 Å². The van der Waals surface area contributed by atoms with Crippen LogP contribution in [0.2, 0.25) is 0 Å². The van der Waals surface area contributed by atoms with Crippen LogP contribution in [0.15, 0.2) is 18.2 Å². The van der Waals surface area contributed by atoms with Crippen LogP contribution in [0.3, 0.4) is 0 Å². The third-order valence-electron chi connectivity index (χ3n) is 4.85. The molecule has 0 radical (unpaired) electrons. The number of aryl methyl sites for hydroxylation is 1. The summed E-state index contributed by atoms with van der Waals surface area (Å²) in [6.45, 7) is 2.50. The lowest BCUT2D eigenvalue weighted by Gasteiger charge is -2.30. The first-order chi connectivity index (χ1) is 9.67. The van der Waals surface area contributed by atoms with Gasteiger partial charge in [-0.05, 0) is 68.0 Å². The minimum atomic E-state index is -0.262. The predicted octanol–water partition coefficient (Wildman–Crippen LogP) is 1.24. The number of rotatable bonds is 2. The fraction of sp³-hybridized carbons (Fsp3) is 0.625. The topological polar surface area (TPSA) is 69.7 Å². The molecule has 4 heteroatoms. The van der Waals surface area contributed by atoms with Crippen molar-refractivity contribution in [3.63, 3.8) is 0 Å². The minimum absolute atomic E-state index is 0.219. The molecule has 110 valence electrons. The van der Waals surface area contributed by atoms with Crippen LogP contribution in [-0.4, -0.2) is 40.3 Å². The lowest BCUT2D eigenvalue weighted by Crippen LogP contribution is -2.40. The molecule has 0 aromatic heterocycles. The summed E-state index contributed by atoms with van der Waals surface area (Å²) < 4.78 is 0. The van der Waals surface area contributed by atoms with Crippen LogP contribution >= 0.6 is 0 Å². The summed E-state index contributed by atoms with van der Waals surface area (Å²) in [7, 11) is 0. The summed E-state index contributed by atoms with van der Waals surface area (Å²) >= 11 is 0. The second-order valence-electron chi connectivity index (χ2n) is 6.23. The maximum absolute atomic E-state index is 10.3. The van der Waals surface area contributed by atoms with Gasteiger partial charge in [-0.15, -0.1) is 0 Å². The largest absolute Gasteiger partial charge is 0.508 e.